The molecule has 0 aromatic heterocycles. The molecule has 2 rings (SSSR count). The predicted octanol–water partition coefficient (Wildman–Crippen LogP) is 1.24. The van der Waals surface area contributed by atoms with Crippen LogP contribution in [0, 0.1) is 0 Å². The lowest BCUT2D eigenvalue weighted by Gasteiger charge is -2.26. The summed E-state index contributed by atoms with van der Waals surface area (Å²) in [6.45, 7) is 1.09. The van der Waals surface area contributed by atoms with Crippen LogP contribution in [0.1, 0.15) is 6.42 Å². The molecule has 1 fully saturated rings. The van der Waals surface area contributed by atoms with Crippen LogP contribution >= 0.6 is 11.6 Å². The molecule has 0 bridgehead atoms. The smallest absolute Gasteiger partial charge is 0.260 e. The maximum absolute atomic E-state index is 12.3. The van der Waals surface area contributed by atoms with Gasteiger partial charge in [-0.15, -0.1) is 0 Å². The molecule has 0 spiro atoms. The number of carbonyl (C=O) groups is 1. The molecule has 116 valence electrons. The lowest BCUT2D eigenvalue weighted by molar-refractivity contribution is -0.134. The van der Waals surface area contributed by atoms with Crippen LogP contribution in [0.4, 0.5) is 0 Å². The molecule has 1 amide bonds. The fraction of sp³-hybridized carbons (Fsp3) is 0.533. The van der Waals surface area contributed by atoms with Crippen LogP contribution < -0.4 is 4.74 Å². The Morgan fingerprint density at radius 1 is 1.43 bits per heavy atom. The maximum atomic E-state index is 12.3. The molecular formula is C15H21ClN2O3. The van der Waals surface area contributed by atoms with Gasteiger partial charge in [-0.05, 0) is 44.8 Å². The highest BCUT2D eigenvalue weighted by molar-refractivity contribution is 6.30. The number of β-amino-alcohol motifs (C(OH)–C–C–N with tert-alkyl or cyclic N) is 1. The summed E-state index contributed by atoms with van der Waals surface area (Å²) in [6.07, 6.45) is 0.166. The minimum Gasteiger partial charge on any atom is -0.484 e. The van der Waals surface area contributed by atoms with Gasteiger partial charge in [0.2, 0.25) is 0 Å². The first-order valence-corrected chi connectivity index (χ1v) is 7.34. The van der Waals surface area contributed by atoms with Crippen LogP contribution in [0.2, 0.25) is 5.02 Å². The summed E-state index contributed by atoms with van der Waals surface area (Å²) >= 11 is 5.80. The van der Waals surface area contributed by atoms with Gasteiger partial charge < -0.3 is 19.6 Å². The van der Waals surface area contributed by atoms with Crippen molar-refractivity contribution in [3.63, 3.8) is 0 Å². The largest absolute Gasteiger partial charge is 0.484 e. The highest BCUT2D eigenvalue weighted by Crippen LogP contribution is 2.20. The van der Waals surface area contributed by atoms with Gasteiger partial charge in [0.15, 0.2) is 6.61 Å². The summed E-state index contributed by atoms with van der Waals surface area (Å²) < 4.78 is 5.48. The second-order valence-electron chi connectivity index (χ2n) is 5.59. The molecule has 1 aliphatic rings. The van der Waals surface area contributed by atoms with Gasteiger partial charge in [0.25, 0.3) is 5.91 Å². The third-order valence-corrected chi connectivity index (χ3v) is 3.72. The van der Waals surface area contributed by atoms with Crippen LogP contribution in [-0.2, 0) is 4.79 Å². The zero-order valence-corrected chi connectivity index (χ0v) is 13.1. The van der Waals surface area contributed by atoms with Gasteiger partial charge >= 0.3 is 0 Å². The fourth-order valence-corrected chi connectivity index (χ4v) is 2.68. The first kappa shape index (κ1) is 16.1. The van der Waals surface area contributed by atoms with E-state index in [0.29, 0.717) is 23.7 Å². The van der Waals surface area contributed by atoms with E-state index >= 15 is 0 Å². The zero-order chi connectivity index (χ0) is 15.4. The van der Waals surface area contributed by atoms with Crippen molar-refractivity contribution in [2.24, 2.45) is 0 Å². The van der Waals surface area contributed by atoms with Crippen molar-refractivity contribution < 1.29 is 14.6 Å². The number of ether oxygens (including phenoxy) is 1. The van der Waals surface area contributed by atoms with Crippen molar-refractivity contribution in [3.8, 4) is 5.75 Å². The predicted molar refractivity (Wildman–Crippen MR) is 81.6 cm³/mol. The number of carbonyl (C=O) groups excluding carboxylic acids is 1. The number of hydrogen-bond donors (Lipinski definition) is 1. The third-order valence-electron chi connectivity index (χ3n) is 3.46. The first-order chi connectivity index (χ1) is 9.95. The van der Waals surface area contributed by atoms with Crippen LogP contribution in [-0.4, -0.2) is 66.8 Å². The Balaban J connectivity index is 1.90. The Morgan fingerprint density at radius 2 is 2.10 bits per heavy atom. The lowest BCUT2D eigenvalue weighted by Crippen LogP contribution is -2.43. The summed E-state index contributed by atoms with van der Waals surface area (Å²) in [4.78, 5) is 16.0. The molecule has 1 aromatic carbocycles. The Morgan fingerprint density at radius 3 is 2.71 bits per heavy atom. The molecule has 1 saturated heterocycles. The van der Waals surface area contributed by atoms with Crippen molar-refractivity contribution >= 4 is 17.5 Å². The Hall–Kier alpha value is -1.30. The number of aliphatic hydroxyl groups excluding tert-OH is 1. The second kappa shape index (κ2) is 7.11. The average molecular weight is 313 g/mol. The molecule has 1 heterocycles. The van der Waals surface area contributed by atoms with Crippen LogP contribution in [0.3, 0.4) is 0 Å². The Bertz CT molecular complexity index is 478. The van der Waals surface area contributed by atoms with E-state index in [2.05, 4.69) is 0 Å². The Kier molecular flexibility index (Phi) is 5.45. The minimum absolute atomic E-state index is 0.0295. The van der Waals surface area contributed by atoms with Gasteiger partial charge in [-0.3, -0.25) is 4.79 Å². The van der Waals surface area contributed by atoms with E-state index < -0.39 is 6.10 Å². The van der Waals surface area contributed by atoms with E-state index in [1.54, 1.807) is 29.2 Å². The molecule has 1 aliphatic heterocycles. The summed E-state index contributed by atoms with van der Waals surface area (Å²) in [5.41, 5.74) is 0. The molecule has 0 aliphatic carbocycles. The molecule has 2 atom stereocenters. The minimum atomic E-state index is -0.450. The number of halogens is 1. The number of aliphatic hydroxyl groups is 1. The summed E-state index contributed by atoms with van der Waals surface area (Å²) in [5.74, 6) is 0.505. The van der Waals surface area contributed by atoms with E-state index in [1.807, 2.05) is 19.0 Å². The maximum Gasteiger partial charge on any atom is 0.260 e. The van der Waals surface area contributed by atoms with E-state index in [1.165, 1.54) is 0 Å². The van der Waals surface area contributed by atoms with Crippen LogP contribution in [0.15, 0.2) is 24.3 Å². The van der Waals surface area contributed by atoms with E-state index in [-0.39, 0.29) is 18.6 Å². The molecular weight excluding hydrogens is 292 g/mol. The van der Waals surface area contributed by atoms with Gasteiger partial charge in [-0.2, -0.15) is 0 Å². The monoisotopic (exact) mass is 312 g/mol. The van der Waals surface area contributed by atoms with Crippen molar-refractivity contribution in [1.29, 1.82) is 0 Å². The summed E-state index contributed by atoms with van der Waals surface area (Å²) in [7, 11) is 3.91. The fourth-order valence-electron chi connectivity index (χ4n) is 2.55. The molecule has 0 radical (unpaired) electrons. The van der Waals surface area contributed by atoms with Crippen LogP contribution in [0.25, 0.3) is 0 Å². The van der Waals surface area contributed by atoms with E-state index in [4.69, 9.17) is 16.3 Å². The molecule has 21 heavy (non-hydrogen) atoms. The quantitative estimate of drug-likeness (QED) is 0.889. The number of benzene rings is 1. The van der Waals surface area contributed by atoms with Gasteiger partial charge in [0.05, 0.1) is 6.10 Å². The van der Waals surface area contributed by atoms with Gasteiger partial charge in [-0.25, -0.2) is 0 Å². The SMILES string of the molecule is CN(C)CC1CC(O)CN1C(=O)COc1ccc(Cl)cc1. The first-order valence-electron chi connectivity index (χ1n) is 6.96. The normalized spacial score (nSPS) is 21.9. The van der Waals surface area contributed by atoms with Crippen LogP contribution in [0.5, 0.6) is 5.75 Å². The standard InChI is InChI=1S/C15H21ClN2O3/c1-17(2)8-12-7-13(19)9-18(12)15(20)10-21-14-5-3-11(16)4-6-14/h3-6,12-13,19H,7-10H2,1-2H3. The van der Waals surface area contributed by atoms with Gasteiger partial charge in [-0.1, -0.05) is 11.6 Å². The number of rotatable bonds is 5. The van der Waals surface area contributed by atoms with Gasteiger partial charge in [0, 0.05) is 24.2 Å². The number of hydrogen-bond acceptors (Lipinski definition) is 4. The molecule has 1 N–H and O–H groups in total. The molecule has 0 saturated carbocycles. The average Bonchev–Trinajstić information content (AvgIpc) is 2.78. The third kappa shape index (κ3) is 4.59. The summed E-state index contributed by atoms with van der Waals surface area (Å²) in [5, 5.41) is 10.4. The molecule has 6 heteroatoms. The Labute approximate surface area is 130 Å². The van der Waals surface area contributed by atoms with Crippen molar-refractivity contribution in [1.82, 2.24) is 9.80 Å². The number of likely N-dealkylation sites (tertiary alicyclic amines) is 1. The second-order valence-corrected chi connectivity index (χ2v) is 6.03. The summed E-state index contributed by atoms with van der Waals surface area (Å²) in [6, 6.07) is 6.93. The lowest BCUT2D eigenvalue weighted by atomic mass is 10.2. The molecule has 1 aromatic rings. The highest BCUT2D eigenvalue weighted by atomic mass is 35.5. The number of nitrogens with zero attached hydrogens (tertiary/aromatic N) is 2. The van der Waals surface area contributed by atoms with Crippen molar-refractivity contribution in [2.45, 2.75) is 18.6 Å². The molecule has 2 unspecified atom stereocenters. The van der Waals surface area contributed by atoms with Gasteiger partial charge in [0.1, 0.15) is 5.75 Å². The van der Waals surface area contributed by atoms with E-state index in [0.717, 1.165) is 6.54 Å². The topological polar surface area (TPSA) is 53.0 Å². The number of amides is 1. The van der Waals surface area contributed by atoms with E-state index in [9.17, 15) is 9.90 Å². The highest BCUT2D eigenvalue weighted by Gasteiger charge is 2.34. The molecule has 5 nitrogen and oxygen atoms in total. The van der Waals surface area contributed by atoms with Crippen molar-refractivity contribution in [3.05, 3.63) is 29.3 Å². The van der Waals surface area contributed by atoms with Crippen molar-refractivity contribution in [2.75, 3.05) is 33.8 Å². The zero-order valence-electron chi connectivity index (χ0n) is 12.3. The number of likely N-dealkylation sites (N-methyl/N-ethyl adjacent to an activating group) is 1.